The number of hydrogen-bond acceptors (Lipinski definition) is 7. The van der Waals surface area contributed by atoms with Crippen molar-refractivity contribution in [1.82, 2.24) is 15.5 Å². The third-order valence-corrected chi connectivity index (χ3v) is 6.88. The maximum atomic E-state index is 13.4. The predicted molar refractivity (Wildman–Crippen MR) is 146 cm³/mol. The first-order valence-electron chi connectivity index (χ1n) is 13.2. The van der Waals surface area contributed by atoms with E-state index < -0.39 is 23.9 Å². The summed E-state index contributed by atoms with van der Waals surface area (Å²) >= 11 is 0. The molecule has 4 bridgehead atoms. The molecule has 1 saturated heterocycles. The number of carbonyl (C=O) groups excluding carboxylic acids is 3. The molecule has 3 aliphatic heterocycles. The van der Waals surface area contributed by atoms with E-state index in [1.165, 1.54) is 37.4 Å². The summed E-state index contributed by atoms with van der Waals surface area (Å²) in [6.45, 7) is 0.406. The monoisotopic (exact) mass is 563 g/mol. The lowest BCUT2D eigenvalue weighted by atomic mass is 10.0. The Hall–Kier alpha value is -4.80. The van der Waals surface area contributed by atoms with Gasteiger partial charge in [-0.2, -0.15) is 0 Å². The Morgan fingerprint density at radius 1 is 1.07 bits per heavy atom. The van der Waals surface area contributed by atoms with Crippen molar-refractivity contribution < 1.29 is 37.7 Å². The van der Waals surface area contributed by atoms with Gasteiger partial charge >= 0.3 is 0 Å². The molecule has 0 radical (unpaired) electrons. The molecule has 0 aliphatic carbocycles. The van der Waals surface area contributed by atoms with Gasteiger partial charge in [0.05, 0.1) is 13.2 Å². The van der Waals surface area contributed by atoms with Crippen molar-refractivity contribution in [1.29, 1.82) is 0 Å². The number of piperidine rings is 1. The van der Waals surface area contributed by atoms with Gasteiger partial charge in [-0.05, 0) is 60.2 Å². The Morgan fingerprint density at radius 3 is 2.61 bits per heavy atom. The zero-order valence-electron chi connectivity index (χ0n) is 22.4. The SMILES string of the molecule is COc1ccc2cc1OCC(=O)NCc1ccc(cc1)O[C@@H]1CCN(C(=O)COc3ccc(F)cc3)C[C@@H]1NC2=O. The van der Waals surface area contributed by atoms with Crippen LogP contribution in [0.3, 0.4) is 0 Å². The van der Waals surface area contributed by atoms with Crippen LogP contribution >= 0.6 is 0 Å². The first-order valence-corrected chi connectivity index (χ1v) is 13.2. The van der Waals surface area contributed by atoms with Crippen molar-refractivity contribution in [2.24, 2.45) is 0 Å². The van der Waals surface area contributed by atoms with Crippen molar-refractivity contribution in [3.05, 3.63) is 83.7 Å². The van der Waals surface area contributed by atoms with Crippen LogP contribution in [-0.2, 0) is 16.1 Å². The number of nitrogens with one attached hydrogen (secondary N) is 2. The molecule has 214 valence electrons. The van der Waals surface area contributed by atoms with Crippen molar-refractivity contribution in [3.63, 3.8) is 0 Å². The minimum absolute atomic E-state index is 0.192. The van der Waals surface area contributed by atoms with E-state index in [4.69, 9.17) is 18.9 Å². The van der Waals surface area contributed by atoms with Crippen LogP contribution in [0, 0.1) is 5.82 Å². The molecule has 3 aliphatic rings. The molecular formula is C30H30FN3O7. The number of methoxy groups -OCH3 is 1. The van der Waals surface area contributed by atoms with Crippen LogP contribution in [0.4, 0.5) is 4.39 Å². The number of likely N-dealkylation sites (tertiary alicyclic amines) is 1. The first-order chi connectivity index (χ1) is 19.9. The molecule has 3 aromatic rings. The fraction of sp³-hybridized carbons (Fsp3) is 0.300. The topological polar surface area (TPSA) is 115 Å². The van der Waals surface area contributed by atoms with Gasteiger partial charge in [-0.1, -0.05) is 12.1 Å². The molecule has 3 heterocycles. The molecule has 0 spiro atoms. The average Bonchev–Trinajstić information content (AvgIpc) is 2.99. The first kappa shape index (κ1) is 27.8. The zero-order chi connectivity index (χ0) is 28.8. The van der Waals surface area contributed by atoms with Crippen LogP contribution in [-0.4, -0.2) is 68.2 Å². The lowest BCUT2D eigenvalue weighted by molar-refractivity contribution is -0.135. The maximum absolute atomic E-state index is 13.4. The highest BCUT2D eigenvalue weighted by Gasteiger charge is 2.34. The number of halogens is 1. The van der Waals surface area contributed by atoms with Gasteiger partial charge in [-0.3, -0.25) is 14.4 Å². The van der Waals surface area contributed by atoms with Crippen LogP contribution < -0.4 is 29.6 Å². The highest BCUT2D eigenvalue weighted by atomic mass is 19.1. The van der Waals surface area contributed by atoms with E-state index in [0.717, 1.165) is 5.56 Å². The predicted octanol–water partition coefficient (Wildman–Crippen LogP) is 2.70. The summed E-state index contributed by atoms with van der Waals surface area (Å²) in [6, 6.07) is 16.9. The molecule has 10 nitrogen and oxygen atoms in total. The standard InChI is InChI=1S/C30H30FN3O7/c1-38-26-11-4-20-14-27(26)40-17-28(35)32-15-19-2-7-23(8-3-19)41-25-12-13-34(16-24(25)33-30(20)37)29(36)18-39-22-9-5-21(31)6-10-22/h2-11,14,24-25H,12-13,15-18H2,1H3,(H,32,35)(H,33,37)/t24-,25+/m0/s1. The van der Waals surface area contributed by atoms with Crippen molar-refractivity contribution in [2.45, 2.75) is 25.1 Å². The van der Waals surface area contributed by atoms with Gasteiger partial charge in [-0.25, -0.2) is 4.39 Å². The average molecular weight is 564 g/mol. The maximum Gasteiger partial charge on any atom is 0.260 e. The molecule has 0 saturated carbocycles. The fourth-order valence-electron chi connectivity index (χ4n) is 4.64. The molecule has 3 amide bonds. The summed E-state index contributed by atoms with van der Waals surface area (Å²) in [7, 11) is 1.47. The second-order valence-corrected chi connectivity index (χ2v) is 9.68. The van der Waals surface area contributed by atoms with Gasteiger partial charge in [0.15, 0.2) is 24.7 Å². The van der Waals surface area contributed by atoms with Crippen molar-refractivity contribution in [2.75, 3.05) is 33.4 Å². The molecule has 2 N–H and O–H groups in total. The summed E-state index contributed by atoms with van der Waals surface area (Å²) in [6.07, 6.45) is 0.0402. The number of fused-ring (bicyclic) bond motifs is 7. The third-order valence-electron chi connectivity index (χ3n) is 6.88. The lowest BCUT2D eigenvalue weighted by Gasteiger charge is -2.38. The number of rotatable bonds is 4. The van der Waals surface area contributed by atoms with E-state index in [-0.39, 0.29) is 42.9 Å². The Kier molecular flexibility index (Phi) is 8.52. The second kappa shape index (κ2) is 12.6. The number of carbonyl (C=O) groups is 3. The van der Waals surface area contributed by atoms with E-state index in [1.807, 2.05) is 12.1 Å². The van der Waals surface area contributed by atoms with E-state index in [2.05, 4.69) is 10.6 Å². The number of hydrogen-bond donors (Lipinski definition) is 2. The van der Waals surface area contributed by atoms with Gasteiger partial charge in [-0.15, -0.1) is 0 Å². The minimum atomic E-state index is -0.545. The molecular weight excluding hydrogens is 533 g/mol. The summed E-state index contributed by atoms with van der Waals surface area (Å²) in [5, 5.41) is 5.81. The summed E-state index contributed by atoms with van der Waals surface area (Å²) in [5.41, 5.74) is 1.16. The number of nitrogens with zero attached hydrogens (tertiary/aromatic N) is 1. The van der Waals surface area contributed by atoms with Gasteiger partial charge in [0.2, 0.25) is 0 Å². The van der Waals surface area contributed by atoms with Crippen molar-refractivity contribution >= 4 is 17.7 Å². The van der Waals surface area contributed by atoms with Gasteiger partial charge < -0.3 is 34.5 Å². The lowest BCUT2D eigenvalue weighted by Crippen LogP contribution is -2.58. The smallest absolute Gasteiger partial charge is 0.260 e. The Morgan fingerprint density at radius 2 is 1.85 bits per heavy atom. The van der Waals surface area contributed by atoms with Crippen molar-refractivity contribution in [3.8, 4) is 23.0 Å². The number of amides is 3. The number of ether oxygens (including phenoxy) is 4. The van der Waals surface area contributed by atoms with Gasteiger partial charge in [0.25, 0.3) is 17.7 Å². The highest BCUT2D eigenvalue weighted by Crippen LogP contribution is 2.29. The van der Waals surface area contributed by atoms with E-state index in [0.29, 0.717) is 36.8 Å². The zero-order valence-corrected chi connectivity index (χ0v) is 22.4. The van der Waals surface area contributed by atoms with E-state index >= 15 is 0 Å². The van der Waals surface area contributed by atoms with Crippen LogP contribution in [0.2, 0.25) is 0 Å². The largest absolute Gasteiger partial charge is 0.493 e. The molecule has 1 fully saturated rings. The summed E-state index contributed by atoms with van der Waals surface area (Å²) in [5.74, 6) is 0.198. The normalized spacial score (nSPS) is 19.0. The number of benzene rings is 3. The minimum Gasteiger partial charge on any atom is -0.493 e. The van der Waals surface area contributed by atoms with E-state index in [1.54, 1.807) is 29.2 Å². The Balaban J connectivity index is 1.36. The molecule has 11 heteroatoms. The molecule has 2 atom stereocenters. The van der Waals surface area contributed by atoms with Gasteiger partial charge in [0, 0.05) is 31.6 Å². The molecule has 41 heavy (non-hydrogen) atoms. The quantitative estimate of drug-likeness (QED) is 0.502. The van der Waals surface area contributed by atoms with Crippen LogP contribution in [0.15, 0.2) is 66.7 Å². The van der Waals surface area contributed by atoms with Crippen LogP contribution in [0.1, 0.15) is 22.3 Å². The Bertz CT molecular complexity index is 1400. The molecule has 3 aromatic carbocycles. The van der Waals surface area contributed by atoms with E-state index in [9.17, 15) is 18.8 Å². The highest BCUT2D eigenvalue weighted by molar-refractivity contribution is 5.95. The van der Waals surface area contributed by atoms with Gasteiger partial charge in [0.1, 0.15) is 23.4 Å². The third kappa shape index (κ3) is 7.05. The molecule has 6 rings (SSSR count). The second-order valence-electron chi connectivity index (χ2n) is 9.68. The Labute approximate surface area is 236 Å². The fourth-order valence-corrected chi connectivity index (χ4v) is 4.64. The molecule has 0 unspecified atom stereocenters. The summed E-state index contributed by atoms with van der Waals surface area (Å²) in [4.78, 5) is 40.4. The van der Waals surface area contributed by atoms with Crippen LogP contribution in [0.25, 0.3) is 0 Å². The molecule has 0 aromatic heterocycles. The van der Waals surface area contributed by atoms with Crippen LogP contribution in [0.5, 0.6) is 23.0 Å². The summed E-state index contributed by atoms with van der Waals surface area (Å²) < 4.78 is 36.0.